The van der Waals surface area contributed by atoms with Crippen molar-refractivity contribution >= 4 is 11.8 Å². The monoisotopic (exact) mass is 243 g/mol. The standard InChI is InChI=1S/C11H8F3NO2/c12-7-4-9(14)8(13)2-5(7)1-6-3-10(16)15-11(6)17/h2,4,6H,1,3H2,(H,15,16,17). The summed E-state index contributed by atoms with van der Waals surface area (Å²) in [7, 11) is 0. The Morgan fingerprint density at radius 1 is 1.12 bits per heavy atom. The van der Waals surface area contributed by atoms with Crippen LogP contribution in [0.2, 0.25) is 0 Å². The van der Waals surface area contributed by atoms with Crippen molar-refractivity contribution in [2.45, 2.75) is 12.8 Å². The third-order valence-corrected chi connectivity index (χ3v) is 2.62. The highest BCUT2D eigenvalue weighted by Crippen LogP contribution is 2.21. The van der Waals surface area contributed by atoms with E-state index >= 15 is 0 Å². The minimum Gasteiger partial charge on any atom is -0.296 e. The van der Waals surface area contributed by atoms with E-state index in [1.807, 2.05) is 0 Å². The Morgan fingerprint density at radius 2 is 1.76 bits per heavy atom. The van der Waals surface area contributed by atoms with Crippen LogP contribution in [0.4, 0.5) is 13.2 Å². The molecule has 1 aromatic carbocycles. The predicted octanol–water partition coefficient (Wildman–Crippen LogP) is 1.31. The molecule has 2 amide bonds. The second-order valence-corrected chi connectivity index (χ2v) is 3.88. The number of benzene rings is 1. The van der Waals surface area contributed by atoms with Gasteiger partial charge < -0.3 is 0 Å². The Labute approximate surface area is 94.6 Å². The molecule has 3 nitrogen and oxygen atoms in total. The van der Waals surface area contributed by atoms with Crippen LogP contribution in [0, 0.1) is 23.4 Å². The maximum Gasteiger partial charge on any atom is 0.230 e. The van der Waals surface area contributed by atoms with Gasteiger partial charge in [-0.1, -0.05) is 0 Å². The van der Waals surface area contributed by atoms with E-state index in [9.17, 15) is 22.8 Å². The van der Waals surface area contributed by atoms with Crippen molar-refractivity contribution in [1.82, 2.24) is 5.32 Å². The first-order valence-electron chi connectivity index (χ1n) is 4.94. The summed E-state index contributed by atoms with van der Waals surface area (Å²) in [6, 6.07) is 1.14. The lowest BCUT2D eigenvalue weighted by molar-refractivity contribution is -0.125. The maximum absolute atomic E-state index is 13.3. The van der Waals surface area contributed by atoms with E-state index in [0.717, 1.165) is 0 Å². The van der Waals surface area contributed by atoms with E-state index < -0.39 is 35.2 Å². The molecule has 1 fully saturated rings. The lowest BCUT2D eigenvalue weighted by Crippen LogP contribution is -2.23. The van der Waals surface area contributed by atoms with Crippen molar-refractivity contribution in [2.24, 2.45) is 5.92 Å². The first-order valence-corrected chi connectivity index (χ1v) is 4.94. The molecular weight excluding hydrogens is 235 g/mol. The molecule has 1 saturated heterocycles. The molecule has 0 spiro atoms. The SMILES string of the molecule is O=C1CC(Cc2cc(F)c(F)cc2F)C(=O)N1. The highest BCUT2D eigenvalue weighted by Gasteiger charge is 2.31. The molecule has 1 aromatic rings. The van der Waals surface area contributed by atoms with Gasteiger partial charge in [0.05, 0.1) is 5.92 Å². The summed E-state index contributed by atoms with van der Waals surface area (Å²) >= 11 is 0. The Balaban J connectivity index is 2.22. The average molecular weight is 243 g/mol. The van der Waals surface area contributed by atoms with Gasteiger partial charge >= 0.3 is 0 Å². The van der Waals surface area contributed by atoms with Gasteiger partial charge in [-0.15, -0.1) is 0 Å². The first-order chi connectivity index (χ1) is 7.97. The largest absolute Gasteiger partial charge is 0.296 e. The van der Waals surface area contributed by atoms with Gasteiger partial charge in [0.25, 0.3) is 0 Å². The number of imide groups is 1. The van der Waals surface area contributed by atoms with Gasteiger partial charge in [-0.25, -0.2) is 13.2 Å². The molecule has 90 valence electrons. The Morgan fingerprint density at radius 3 is 2.35 bits per heavy atom. The highest BCUT2D eigenvalue weighted by molar-refractivity contribution is 6.03. The van der Waals surface area contributed by atoms with Crippen molar-refractivity contribution in [3.63, 3.8) is 0 Å². The summed E-state index contributed by atoms with van der Waals surface area (Å²) in [6.45, 7) is 0. The number of nitrogens with one attached hydrogen (secondary N) is 1. The normalized spacial score (nSPS) is 19.6. The number of rotatable bonds is 2. The van der Waals surface area contributed by atoms with Crippen LogP contribution < -0.4 is 5.32 Å². The number of hydrogen-bond donors (Lipinski definition) is 1. The van der Waals surface area contributed by atoms with Crippen molar-refractivity contribution in [3.8, 4) is 0 Å². The van der Waals surface area contributed by atoms with E-state index in [1.165, 1.54) is 0 Å². The average Bonchev–Trinajstić information content (AvgIpc) is 2.54. The van der Waals surface area contributed by atoms with E-state index in [4.69, 9.17) is 0 Å². The summed E-state index contributed by atoms with van der Waals surface area (Å²) in [5.41, 5.74) is -0.112. The van der Waals surface area contributed by atoms with Crippen molar-refractivity contribution in [3.05, 3.63) is 35.1 Å². The molecule has 0 aliphatic carbocycles. The van der Waals surface area contributed by atoms with Crippen LogP contribution >= 0.6 is 0 Å². The van der Waals surface area contributed by atoms with E-state index in [2.05, 4.69) is 5.32 Å². The van der Waals surface area contributed by atoms with Crippen molar-refractivity contribution in [1.29, 1.82) is 0 Å². The van der Waals surface area contributed by atoms with Crippen molar-refractivity contribution in [2.75, 3.05) is 0 Å². The maximum atomic E-state index is 13.3. The molecule has 2 rings (SSSR count). The van der Waals surface area contributed by atoms with Crippen molar-refractivity contribution < 1.29 is 22.8 Å². The predicted molar refractivity (Wildman–Crippen MR) is 51.3 cm³/mol. The van der Waals surface area contributed by atoms with Gasteiger partial charge in [0, 0.05) is 12.5 Å². The number of carbonyl (C=O) groups excluding carboxylic acids is 2. The molecule has 0 radical (unpaired) electrons. The summed E-state index contributed by atoms with van der Waals surface area (Å²) < 4.78 is 38.8. The smallest absolute Gasteiger partial charge is 0.230 e. The zero-order chi connectivity index (χ0) is 12.6. The Kier molecular flexibility index (Phi) is 2.87. The van der Waals surface area contributed by atoms with Gasteiger partial charge in [-0.05, 0) is 18.1 Å². The van der Waals surface area contributed by atoms with Crippen LogP contribution in [0.25, 0.3) is 0 Å². The zero-order valence-electron chi connectivity index (χ0n) is 8.60. The second kappa shape index (κ2) is 4.20. The molecule has 17 heavy (non-hydrogen) atoms. The second-order valence-electron chi connectivity index (χ2n) is 3.88. The topological polar surface area (TPSA) is 46.2 Å². The molecule has 0 bridgehead atoms. The molecule has 1 heterocycles. The molecule has 1 aliphatic heterocycles. The zero-order valence-corrected chi connectivity index (χ0v) is 8.60. The molecular formula is C11H8F3NO2. The quantitative estimate of drug-likeness (QED) is 0.628. The molecule has 0 saturated carbocycles. The van der Waals surface area contributed by atoms with Gasteiger partial charge in [-0.2, -0.15) is 0 Å². The van der Waals surface area contributed by atoms with Crippen LogP contribution in [-0.4, -0.2) is 11.8 Å². The fourth-order valence-corrected chi connectivity index (χ4v) is 1.76. The van der Waals surface area contributed by atoms with E-state index in [1.54, 1.807) is 0 Å². The molecule has 1 unspecified atom stereocenters. The molecule has 6 heteroatoms. The van der Waals surface area contributed by atoms with Gasteiger partial charge in [0.15, 0.2) is 11.6 Å². The number of carbonyl (C=O) groups is 2. The summed E-state index contributed by atoms with van der Waals surface area (Å²) in [5.74, 6) is -5.05. The number of amides is 2. The van der Waals surface area contributed by atoms with E-state index in [-0.39, 0.29) is 18.4 Å². The fraction of sp³-hybridized carbons (Fsp3) is 0.273. The van der Waals surface area contributed by atoms with Crippen LogP contribution in [-0.2, 0) is 16.0 Å². The lowest BCUT2D eigenvalue weighted by atomic mass is 9.97. The van der Waals surface area contributed by atoms with Gasteiger partial charge in [0.1, 0.15) is 5.82 Å². The summed E-state index contributed by atoms with van der Waals surface area (Å²) in [4.78, 5) is 22.1. The summed E-state index contributed by atoms with van der Waals surface area (Å²) in [6.07, 6.45) is -0.183. The Bertz CT molecular complexity index is 502. The van der Waals surface area contributed by atoms with Crippen LogP contribution in [0.5, 0.6) is 0 Å². The van der Waals surface area contributed by atoms with Crippen LogP contribution in [0.3, 0.4) is 0 Å². The fourth-order valence-electron chi connectivity index (χ4n) is 1.76. The Hall–Kier alpha value is -1.85. The first kappa shape index (κ1) is 11.6. The number of hydrogen-bond acceptors (Lipinski definition) is 2. The van der Waals surface area contributed by atoms with Gasteiger partial charge in [0.2, 0.25) is 11.8 Å². The molecule has 1 atom stereocenters. The third-order valence-electron chi connectivity index (χ3n) is 2.62. The van der Waals surface area contributed by atoms with Crippen LogP contribution in [0.15, 0.2) is 12.1 Å². The van der Waals surface area contributed by atoms with Crippen LogP contribution in [0.1, 0.15) is 12.0 Å². The molecule has 1 N–H and O–H groups in total. The van der Waals surface area contributed by atoms with Gasteiger partial charge in [-0.3, -0.25) is 14.9 Å². The highest BCUT2D eigenvalue weighted by atomic mass is 19.2. The third kappa shape index (κ3) is 2.30. The minimum absolute atomic E-state index is 0.0583. The number of halogens is 3. The van der Waals surface area contributed by atoms with E-state index in [0.29, 0.717) is 12.1 Å². The molecule has 0 aromatic heterocycles. The minimum atomic E-state index is -1.28. The summed E-state index contributed by atoms with van der Waals surface area (Å²) in [5, 5.41) is 2.06. The lowest BCUT2D eigenvalue weighted by Gasteiger charge is -2.07. The molecule has 1 aliphatic rings.